The molecule has 1 rings (SSSR count). The molecule has 0 aliphatic rings. The van der Waals surface area contributed by atoms with Gasteiger partial charge in [-0.3, -0.25) is 4.90 Å². The van der Waals surface area contributed by atoms with E-state index in [0.717, 1.165) is 13.1 Å². The molecular weight excluding hydrogens is 224 g/mol. The summed E-state index contributed by atoms with van der Waals surface area (Å²) in [6, 6.07) is 0.266. The fourth-order valence-corrected chi connectivity index (χ4v) is 2.41. The highest BCUT2D eigenvalue weighted by Gasteiger charge is 2.22. The summed E-state index contributed by atoms with van der Waals surface area (Å²) >= 11 is 0. The highest BCUT2D eigenvalue weighted by Crippen LogP contribution is 2.21. The van der Waals surface area contributed by atoms with Crippen molar-refractivity contribution in [2.75, 3.05) is 19.6 Å². The summed E-state index contributed by atoms with van der Waals surface area (Å²) in [5, 5.41) is 0. The lowest BCUT2D eigenvalue weighted by Crippen LogP contribution is -2.39. The van der Waals surface area contributed by atoms with E-state index in [1.54, 1.807) is 0 Å². The molecule has 0 aliphatic heterocycles. The summed E-state index contributed by atoms with van der Waals surface area (Å²) in [5.74, 6) is 1.29. The van der Waals surface area contributed by atoms with E-state index < -0.39 is 0 Å². The van der Waals surface area contributed by atoms with Gasteiger partial charge in [-0.15, -0.1) is 0 Å². The Kier molecular flexibility index (Phi) is 5.82. The van der Waals surface area contributed by atoms with Crippen LogP contribution in [0.25, 0.3) is 0 Å². The summed E-state index contributed by atoms with van der Waals surface area (Å²) in [7, 11) is 2.04. The van der Waals surface area contributed by atoms with Crippen LogP contribution in [0.1, 0.15) is 39.4 Å². The number of aryl methyl sites for hydroxylation is 1. The molecule has 0 aromatic carbocycles. The van der Waals surface area contributed by atoms with Crippen LogP contribution in [0.3, 0.4) is 0 Å². The van der Waals surface area contributed by atoms with Gasteiger partial charge in [0.05, 0.1) is 18.1 Å². The van der Waals surface area contributed by atoms with Crippen LogP contribution in [0.4, 0.5) is 0 Å². The largest absolute Gasteiger partial charge is 0.336 e. The smallest absolute Gasteiger partial charge is 0.0946 e. The zero-order chi connectivity index (χ0) is 13.7. The molecule has 4 heteroatoms. The Morgan fingerprint density at radius 3 is 2.11 bits per heavy atom. The minimum atomic E-state index is 0.266. The van der Waals surface area contributed by atoms with Crippen molar-refractivity contribution in [1.29, 1.82) is 0 Å². The monoisotopic (exact) mass is 252 g/mol. The molecule has 104 valence electrons. The van der Waals surface area contributed by atoms with Gasteiger partial charge in [0.1, 0.15) is 0 Å². The SMILES string of the molecule is CC(C)CN(CC(C)C)C(CN)c1cncn1C. The number of hydrogen-bond acceptors (Lipinski definition) is 3. The Balaban J connectivity index is 2.89. The van der Waals surface area contributed by atoms with E-state index >= 15 is 0 Å². The van der Waals surface area contributed by atoms with E-state index in [9.17, 15) is 0 Å². The summed E-state index contributed by atoms with van der Waals surface area (Å²) in [4.78, 5) is 6.70. The summed E-state index contributed by atoms with van der Waals surface area (Å²) in [6.07, 6.45) is 3.78. The lowest BCUT2D eigenvalue weighted by molar-refractivity contribution is 0.155. The average Bonchev–Trinajstić information content (AvgIpc) is 2.64. The van der Waals surface area contributed by atoms with Gasteiger partial charge in [0, 0.05) is 32.9 Å². The minimum Gasteiger partial charge on any atom is -0.336 e. The van der Waals surface area contributed by atoms with Crippen molar-refractivity contribution in [2.24, 2.45) is 24.6 Å². The third kappa shape index (κ3) is 4.10. The molecular formula is C14H28N4. The van der Waals surface area contributed by atoms with E-state index in [-0.39, 0.29) is 6.04 Å². The summed E-state index contributed by atoms with van der Waals surface area (Å²) in [6.45, 7) is 11.8. The molecule has 0 fully saturated rings. The van der Waals surface area contributed by atoms with Gasteiger partial charge in [-0.25, -0.2) is 4.98 Å². The number of hydrogen-bond donors (Lipinski definition) is 1. The van der Waals surface area contributed by atoms with Crippen LogP contribution in [0.15, 0.2) is 12.5 Å². The predicted octanol–water partition coefficient (Wildman–Crippen LogP) is 2.03. The standard InChI is InChI=1S/C14H28N4/c1-11(2)8-18(9-12(3)4)13(6-15)14-7-16-10-17(14)5/h7,10-13H,6,8-9,15H2,1-5H3. The van der Waals surface area contributed by atoms with Crippen molar-refractivity contribution >= 4 is 0 Å². The molecule has 2 N–H and O–H groups in total. The van der Waals surface area contributed by atoms with Crippen molar-refractivity contribution in [1.82, 2.24) is 14.5 Å². The number of nitrogens with zero attached hydrogens (tertiary/aromatic N) is 3. The molecule has 1 heterocycles. The molecule has 1 unspecified atom stereocenters. The second-order valence-corrected chi connectivity index (χ2v) is 5.92. The molecule has 0 saturated heterocycles. The highest BCUT2D eigenvalue weighted by atomic mass is 15.2. The van der Waals surface area contributed by atoms with Gasteiger partial charge in [-0.05, 0) is 11.8 Å². The number of imidazole rings is 1. The molecule has 1 atom stereocenters. The third-order valence-electron chi connectivity index (χ3n) is 3.06. The van der Waals surface area contributed by atoms with E-state index in [2.05, 4.69) is 42.1 Å². The topological polar surface area (TPSA) is 47.1 Å². The van der Waals surface area contributed by atoms with Crippen LogP contribution in [0.5, 0.6) is 0 Å². The zero-order valence-corrected chi connectivity index (χ0v) is 12.4. The number of aromatic nitrogens is 2. The molecule has 1 aromatic heterocycles. The number of rotatable bonds is 7. The van der Waals surface area contributed by atoms with Gasteiger partial charge in [0.25, 0.3) is 0 Å². The second kappa shape index (κ2) is 6.90. The Morgan fingerprint density at radius 2 is 1.78 bits per heavy atom. The third-order valence-corrected chi connectivity index (χ3v) is 3.06. The minimum absolute atomic E-state index is 0.266. The molecule has 0 amide bonds. The van der Waals surface area contributed by atoms with E-state index in [1.807, 2.05) is 19.6 Å². The van der Waals surface area contributed by atoms with E-state index in [1.165, 1.54) is 5.69 Å². The van der Waals surface area contributed by atoms with Crippen LogP contribution >= 0.6 is 0 Å². The van der Waals surface area contributed by atoms with Crippen molar-refractivity contribution < 1.29 is 0 Å². The molecule has 0 spiro atoms. The average molecular weight is 252 g/mol. The first-order valence-electron chi connectivity index (χ1n) is 6.86. The van der Waals surface area contributed by atoms with Crippen molar-refractivity contribution in [3.63, 3.8) is 0 Å². The Labute approximate surface area is 111 Å². The fraction of sp³-hybridized carbons (Fsp3) is 0.786. The first kappa shape index (κ1) is 15.2. The van der Waals surface area contributed by atoms with Gasteiger partial charge in [-0.2, -0.15) is 0 Å². The van der Waals surface area contributed by atoms with E-state index in [4.69, 9.17) is 5.73 Å². The molecule has 1 aromatic rings. The maximum absolute atomic E-state index is 6.00. The van der Waals surface area contributed by atoms with E-state index in [0.29, 0.717) is 18.4 Å². The lowest BCUT2D eigenvalue weighted by Gasteiger charge is -2.33. The molecule has 0 aliphatic carbocycles. The fourth-order valence-electron chi connectivity index (χ4n) is 2.41. The van der Waals surface area contributed by atoms with Crippen molar-refractivity contribution in [3.05, 3.63) is 18.2 Å². The molecule has 4 nitrogen and oxygen atoms in total. The van der Waals surface area contributed by atoms with Crippen LogP contribution in [0, 0.1) is 11.8 Å². The van der Waals surface area contributed by atoms with Crippen molar-refractivity contribution in [3.8, 4) is 0 Å². The van der Waals surface area contributed by atoms with Gasteiger partial charge >= 0.3 is 0 Å². The number of nitrogens with two attached hydrogens (primary N) is 1. The Bertz CT molecular complexity index is 333. The Hall–Kier alpha value is -0.870. The van der Waals surface area contributed by atoms with Crippen molar-refractivity contribution in [2.45, 2.75) is 33.7 Å². The molecule has 0 bridgehead atoms. The lowest BCUT2D eigenvalue weighted by atomic mass is 10.1. The highest BCUT2D eigenvalue weighted by molar-refractivity contribution is 5.06. The van der Waals surface area contributed by atoms with Crippen LogP contribution in [-0.4, -0.2) is 34.1 Å². The van der Waals surface area contributed by atoms with Crippen LogP contribution < -0.4 is 5.73 Å². The summed E-state index contributed by atoms with van der Waals surface area (Å²) in [5.41, 5.74) is 7.21. The second-order valence-electron chi connectivity index (χ2n) is 5.92. The molecule has 0 saturated carbocycles. The molecule has 0 radical (unpaired) electrons. The first-order chi connectivity index (χ1) is 8.45. The normalized spacial score (nSPS) is 13.8. The van der Waals surface area contributed by atoms with Gasteiger partial charge in [-0.1, -0.05) is 27.7 Å². The van der Waals surface area contributed by atoms with Crippen LogP contribution in [0.2, 0.25) is 0 Å². The van der Waals surface area contributed by atoms with Crippen LogP contribution in [-0.2, 0) is 7.05 Å². The van der Waals surface area contributed by atoms with Gasteiger partial charge < -0.3 is 10.3 Å². The summed E-state index contributed by atoms with van der Waals surface area (Å²) < 4.78 is 2.07. The predicted molar refractivity (Wildman–Crippen MR) is 76.3 cm³/mol. The quantitative estimate of drug-likeness (QED) is 0.808. The Morgan fingerprint density at radius 1 is 1.22 bits per heavy atom. The van der Waals surface area contributed by atoms with Gasteiger partial charge in [0.15, 0.2) is 0 Å². The first-order valence-corrected chi connectivity index (χ1v) is 6.86. The maximum Gasteiger partial charge on any atom is 0.0946 e. The maximum atomic E-state index is 6.00. The van der Waals surface area contributed by atoms with Gasteiger partial charge in [0.2, 0.25) is 0 Å². The zero-order valence-electron chi connectivity index (χ0n) is 12.4. The molecule has 18 heavy (non-hydrogen) atoms.